The number of carbonyl (C=O) groups is 4. The lowest BCUT2D eigenvalue weighted by molar-refractivity contribution is -0.137. The summed E-state index contributed by atoms with van der Waals surface area (Å²) in [4.78, 5) is 46.8. The summed E-state index contributed by atoms with van der Waals surface area (Å²) in [5.41, 5.74) is 1.60. The van der Waals surface area contributed by atoms with Crippen molar-refractivity contribution in [3.63, 3.8) is 0 Å². The van der Waals surface area contributed by atoms with Gasteiger partial charge in [-0.25, -0.2) is 4.79 Å². The minimum Gasteiger partial charge on any atom is -0.480 e. The number of carboxylic acids is 1. The van der Waals surface area contributed by atoms with Gasteiger partial charge in [-0.1, -0.05) is 60.7 Å². The summed E-state index contributed by atoms with van der Waals surface area (Å²) in [6.07, 6.45) is -0.589. The van der Waals surface area contributed by atoms with Crippen molar-refractivity contribution in [1.82, 2.24) is 16.0 Å². The molecule has 2 aromatic carbocycles. The standard InChI is InChI=1S/C21H23N3O6/c25-18(22-13-19(26)27)12-23-20(28)17(11-15-7-3-1-4-8-15)24-21(29)30-14-16-9-5-2-6-10-16/h1-10,17H,11-14H2,(H,22,25)(H,23,28)(H,24,29)(H,26,27)/t17-/m1/s1. The Kier molecular flexibility index (Phi) is 8.85. The summed E-state index contributed by atoms with van der Waals surface area (Å²) in [5, 5.41) is 15.6. The zero-order chi connectivity index (χ0) is 21.8. The predicted molar refractivity (Wildman–Crippen MR) is 107 cm³/mol. The fourth-order valence-corrected chi connectivity index (χ4v) is 2.49. The van der Waals surface area contributed by atoms with E-state index in [1.54, 1.807) is 36.4 Å². The zero-order valence-electron chi connectivity index (χ0n) is 16.2. The monoisotopic (exact) mass is 413 g/mol. The number of benzene rings is 2. The first-order valence-corrected chi connectivity index (χ1v) is 9.21. The largest absolute Gasteiger partial charge is 0.480 e. The van der Waals surface area contributed by atoms with Gasteiger partial charge in [0.1, 0.15) is 19.2 Å². The van der Waals surface area contributed by atoms with Crippen LogP contribution < -0.4 is 16.0 Å². The third kappa shape index (κ3) is 8.42. The number of hydrogen-bond donors (Lipinski definition) is 4. The minimum absolute atomic E-state index is 0.0456. The van der Waals surface area contributed by atoms with Gasteiger partial charge >= 0.3 is 12.1 Å². The van der Waals surface area contributed by atoms with Gasteiger partial charge in [-0.05, 0) is 11.1 Å². The van der Waals surface area contributed by atoms with Crippen molar-refractivity contribution in [1.29, 1.82) is 0 Å². The molecule has 0 bridgehead atoms. The molecule has 9 heteroatoms. The van der Waals surface area contributed by atoms with Crippen LogP contribution in [-0.4, -0.2) is 48.1 Å². The summed E-state index contributed by atoms with van der Waals surface area (Å²) in [7, 11) is 0. The van der Waals surface area contributed by atoms with Crippen molar-refractivity contribution < 1.29 is 29.0 Å². The van der Waals surface area contributed by atoms with Crippen molar-refractivity contribution >= 4 is 23.9 Å². The Balaban J connectivity index is 1.93. The molecule has 0 radical (unpaired) electrons. The van der Waals surface area contributed by atoms with Gasteiger partial charge in [0.2, 0.25) is 11.8 Å². The van der Waals surface area contributed by atoms with Crippen LogP contribution in [0.25, 0.3) is 0 Å². The molecular formula is C21H23N3O6. The van der Waals surface area contributed by atoms with Crippen LogP contribution in [0.2, 0.25) is 0 Å². The van der Waals surface area contributed by atoms with E-state index in [0.717, 1.165) is 11.1 Å². The smallest absolute Gasteiger partial charge is 0.408 e. The van der Waals surface area contributed by atoms with E-state index in [9.17, 15) is 19.2 Å². The molecule has 0 aromatic heterocycles. The Morgan fingerprint density at radius 2 is 1.43 bits per heavy atom. The maximum Gasteiger partial charge on any atom is 0.408 e. The van der Waals surface area contributed by atoms with E-state index in [1.807, 2.05) is 24.3 Å². The van der Waals surface area contributed by atoms with E-state index in [2.05, 4.69) is 16.0 Å². The summed E-state index contributed by atoms with van der Waals surface area (Å²) in [6, 6.07) is 17.1. The van der Waals surface area contributed by atoms with E-state index in [4.69, 9.17) is 9.84 Å². The van der Waals surface area contributed by atoms with Gasteiger partial charge in [0.15, 0.2) is 0 Å². The zero-order valence-corrected chi connectivity index (χ0v) is 16.2. The molecule has 0 spiro atoms. The second-order valence-corrected chi connectivity index (χ2v) is 6.34. The number of carboxylic acid groups (broad SMARTS) is 1. The van der Waals surface area contributed by atoms with Crippen molar-refractivity contribution in [2.45, 2.75) is 19.1 Å². The highest BCUT2D eigenvalue weighted by Crippen LogP contribution is 2.05. The average molecular weight is 413 g/mol. The molecule has 2 aromatic rings. The number of ether oxygens (including phenoxy) is 1. The first-order chi connectivity index (χ1) is 14.4. The van der Waals surface area contributed by atoms with Gasteiger partial charge in [0, 0.05) is 6.42 Å². The quantitative estimate of drug-likeness (QED) is 0.456. The Morgan fingerprint density at radius 1 is 0.833 bits per heavy atom. The first kappa shape index (κ1) is 22.4. The summed E-state index contributed by atoms with van der Waals surface area (Å²) in [6.45, 7) is -0.922. The second kappa shape index (κ2) is 11.8. The van der Waals surface area contributed by atoms with Crippen LogP contribution >= 0.6 is 0 Å². The summed E-state index contributed by atoms with van der Waals surface area (Å²) >= 11 is 0. The van der Waals surface area contributed by atoms with Crippen LogP contribution in [-0.2, 0) is 32.1 Å². The Hall–Kier alpha value is -3.88. The van der Waals surface area contributed by atoms with Gasteiger partial charge in [0.05, 0.1) is 6.54 Å². The molecule has 0 saturated heterocycles. The molecule has 2 rings (SSSR count). The van der Waals surface area contributed by atoms with Crippen LogP contribution in [0.1, 0.15) is 11.1 Å². The molecule has 0 aliphatic carbocycles. The molecule has 0 saturated carbocycles. The van der Waals surface area contributed by atoms with Crippen LogP contribution in [0.15, 0.2) is 60.7 Å². The first-order valence-electron chi connectivity index (χ1n) is 9.21. The fraction of sp³-hybridized carbons (Fsp3) is 0.238. The van der Waals surface area contributed by atoms with E-state index < -0.39 is 43.0 Å². The van der Waals surface area contributed by atoms with Gasteiger partial charge in [-0.2, -0.15) is 0 Å². The van der Waals surface area contributed by atoms with Crippen molar-refractivity contribution in [3.8, 4) is 0 Å². The summed E-state index contributed by atoms with van der Waals surface area (Å²) in [5.74, 6) is -2.45. The van der Waals surface area contributed by atoms with E-state index in [0.29, 0.717) is 0 Å². The molecule has 3 amide bonds. The molecule has 0 heterocycles. The maximum atomic E-state index is 12.5. The molecule has 0 aliphatic rings. The number of carbonyl (C=O) groups excluding carboxylic acids is 3. The molecule has 1 atom stereocenters. The molecule has 4 N–H and O–H groups in total. The van der Waals surface area contributed by atoms with Crippen molar-refractivity contribution in [3.05, 3.63) is 71.8 Å². The highest BCUT2D eigenvalue weighted by Gasteiger charge is 2.22. The lowest BCUT2D eigenvalue weighted by Gasteiger charge is -2.18. The second-order valence-electron chi connectivity index (χ2n) is 6.34. The number of hydrogen-bond acceptors (Lipinski definition) is 5. The van der Waals surface area contributed by atoms with Crippen LogP contribution in [0.3, 0.4) is 0 Å². The lowest BCUT2D eigenvalue weighted by atomic mass is 10.1. The SMILES string of the molecule is O=C(O)CNC(=O)CNC(=O)[C@@H](Cc1ccccc1)NC(=O)OCc1ccccc1. The van der Waals surface area contributed by atoms with E-state index >= 15 is 0 Å². The number of amides is 3. The molecule has 30 heavy (non-hydrogen) atoms. The topological polar surface area (TPSA) is 134 Å². The molecule has 158 valence electrons. The van der Waals surface area contributed by atoms with Gasteiger partial charge in [0.25, 0.3) is 0 Å². The molecule has 0 aliphatic heterocycles. The number of aliphatic carboxylic acids is 1. The van der Waals surface area contributed by atoms with E-state index in [1.165, 1.54) is 0 Å². The average Bonchev–Trinajstić information content (AvgIpc) is 2.75. The highest BCUT2D eigenvalue weighted by atomic mass is 16.5. The number of rotatable bonds is 10. The third-order valence-corrected chi connectivity index (χ3v) is 3.96. The van der Waals surface area contributed by atoms with Gasteiger partial charge in [-0.3, -0.25) is 14.4 Å². The Morgan fingerprint density at radius 3 is 2.03 bits per heavy atom. The number of alkyl carbamates (subject to hydrolysis) is 1. The highest BCUT2D eigenvalue weighted by molar-refractivity contribution is 5.90. The normalized spacial score (nSPS) is 11.1. The number of nitrogens with one attached hydrogen (secondary N) is 3. The van der Waals surface area contributed by atoms with Crippen LogP contribution in [0, 0.1) is 0 Å². The van der Waals surface area contributed by atoms with Crippen molar-refractivity contribution in [2.24, 2.45) is 0 Å². The minimum atomic E-state index is -1.19. The Labute approximate surface area is 173 Å². The summed E-state index contributed by atoms with van der Waals surface area (Å²) < 4.78 is 5.16. The molecule has 0 unspecified atom stereocenters. The maximum absolute atomic E-state index is 12.5. The lowest BCUT2D eigenvalue weighted by Crippen LogP contribution is -2.50. The Bertz CT molecular complexity index is 858. The van der Waals surface area contributed by atoms with Crippen LogP contribution in [0.5, 0.6) is 0 Å². The third-order valence-electron chi connectivity index (χ3n) is 3.96. The predicted octanol–water partition coefficient (Wildman–Crippen LogP) is 0.841. The van der Waals surface area contributed by atoms with Crippen molar-refractivity contribution in [2.75, 3.05) is 13.1 Å². The molecular weight excluding hydrogens is 390 g/mol. The van der Waals surface area contributed by atoms with Gasteiger partial charge in [-0.15, -0.1) is 0 Å². The molecule has 0 fully saturated rings. The van der Waals surface area contributed by atoms with Gasteiger partial charge < -0.3 is 25.8 Å². The van der Waals surface area contributed by atoms with E-state index in [-0.39, 0.29) is 13.0 Å². The van der Waals surface area contributed by atoms with Crippen LogP contribution in [0.4, 0.5) is 4.79 Å². The molecule has 9 nitrogen and oxygen atoms in total. The fourth-order valence-electron chi connectivity index (χ4n) is 2.49.